The highest BCUT2D eigenvalue weighted by molar-refractivity contribution is 5.92. The summed E-state index contributed by atoms with van der Waals surface area (Å²) in [6, 6.07) is 7.80. The summed E-state index contributed by atoms with van der Waals surface area (Å²) in [5.41, 5.74) is -1.89. The van der Waals surface area contributed by atoms with Gasteiger partial charge in [-0.05, 0) is 47.5 Å². The number of benzene rings is 2. The summed E-state index contributed by atoms with van der Waals surface area (Å²) in [4.78, 5) is 60.7. The lowest BCUT2D eigenvalue weighted by atomic mass is 9.79. The minimum absolute atomic E-state index is 0.105. The van der Waals surface area contributed by atoms with Gasteiger partial charge in [-0.3, -0.25) is 9.59 Å². The van der Waals surface area contributed by atoms with Gasteiger partial charge in [-0.2, -0.15) is 0 Å². The molecule has 1 aliphatic carbocycles. The van der Waals surface area contributed by atoms with Crippen molar-refractivity contribution in [3.05, 3.63) is 59.7 Å². The molecular formula is C29H28O15. The van der Waals surface area contributed by atoms with Crippen molar-refractivity contribution in [1.29, 1.82) is 0 Å². The van der Waals surface area contributed by atoms with Crippen molar-refractivity contribution in [3.8, 4) is 23.0 Å². The van der Waals surface area contributed by atoms with Gasteiger partial charge in [-0.15, -0.1) is 0 Å². The number of carboxylic acid groups (broad SMARTS) is 2. The molecule has 2 aromatic rings. The monoisotopic (exact) mass is 616 g/mol. The predicted octanol–water partition coefficient (Wildman–Crippen LogP) is 1.36. The Bertz CT molecular complexity index is 1490. The summed E-state index contributed by atoms with van der Waals surface area (Å²) in [7, 11) is 1.31. The smallest absolute Gasteiger partial charge is 0.348 e. The van der Waals surface area contributed by atoms with E-state index in [9.17, 15) is 49.5 Å². The van der Waals surface area contributed by atoms with Gasteiger partial charge in [0.1, 0.15) is 12.5 Å². The van der Waals surface area contributed by atoms with Crippen LogP contribution in [0.4, 0.5) is 0 Å². The van der Waals surface area contributed by atoms with Crippen molar-refractivity contribution < 1.29 is 73.6 Å². The first kappa shape index (κ1) is 32.9. The van der Waals surface area contributed by atoms with Gasteiger partial charge >= 0.3 is 29.8 Å². The average molecular weight is 617 g/mol. The third kappa shape index (κ3) is 8.48. The van der Waals surface area contributed by atoms with Crippen molar-refractivity contribution in [2.45, 2.75) is 43.2 Å². The van der Waals surface area contributed by atoms with Gasteiger partial charge < -0.3 is 49.6 Å². The lowest BCUT2D eigenvalue weighted by molar-refractivity contribution is -0.215. The molecule has 6 N–H and O–H groups in total. The third-order valence-corrected chi connectivity index (χ3v) is 6.36. The molecule has 0 unspecified atom stereocenters. The van der Waals surface area contributed by atoms with Crippen LogP contribution in [0.5, 0.6) is 23.0 Å². The Morgan fingerprint density at radius 3 is 2.00 bits per heavy atom. The average Bonchev–Trinajstić information content (AvgIpc) is 2.94. The molecule has 15 nitrogen and oxygen atoms in total. The van der Waals surface area contributed by atoms with Crippen molar-refractivity contribution in [3.63, 3.8) is 0 Å². The number of carbonyl (C=O) groups is 5. The third-order valence-electron chi connectivity index (χ3n) is 6.36. The SMILES string of the molecule is COc1cc(/C=C/C(=O)O[C@@H]2C[C@](OC(=O)CC(=O)O)(C(=O)O)C[C@@H](O)[C@H]2OC(=O)/C=C/c2ccc(O)c(O)c2)ccc1O. The molecule has 0 amide bonds. The maximum Gasteiger partial charge on any atom is 0.348 e. The van der Waals surface area contributed by atoms with Crippen LogP contribution in [0.2, 0.25) is 0 Å². The standard InChI is InChI=1S/C29H28O15/c1-41-21-11-16(3-7-18(21)31)5-8-24(36)42-22-14-29(28(39)40,44-26(38)12-23(34)35)13-20(33)27(22)43-25(37)9-4-15-2-6-17(30)19(32)10-15/h2-11,20,22,27,30-33H,12-14H2,1H3,(H,34,35)(H,39,40)/b8-5+,9-4+/t20-,22-,27-,29+/m1/s1. The number of carboxylic acids is 2. The Labute approximate surface area is 248 Å². The first-order valence-electron chi connectivity index (χ1n) is 12.7. The number of phenols is 3. The van der Waals surface area contributed by atoms with Crippen LogP contribution in [0, 0.1) is 0 Å². The number of esters is 3. The summed E-state index contributed by atoms with van der Waals surface area (Å²) in [5.74, 6) is -7.91. The Balaban J connectivity index is 1.87. The first-order valence-corrected chi connectivity index (χ1v) is 12.7. The van der Waals surface area contributed by atoms with Gasteiger partial charge in [-0.1, -0.05) is 12.1 Å². The summed E-state index contributed by atoms with van der Waals surface area (Å²) in [6.45, 7) is 0. The van der Waals surface area contributed by atoms with Crippen LogP contribution in [0.25, 0.3) is 12.2 Å². The number of aliphatic hydroxyl groups is 1. The maximum absolute atomic E-state index is 12.8. The molecule has 1 saturated carbocycles. The second kappa shape index (κ2) is 14.1. The summed E-state index contributed by atoms with van der Waals surface area (Å²) in [6.07, 6.45) is -3.86. The highest BCUT2D eigenvalue weighted by Crippen LogP contribution is 2.37. The molecule has 3 rings (SSSR count). The number of aromatic hydroxyl groups is 3. The highest BCUT2D eigenvalue weighted by Gasteiger charge is 2.56. The fourth-order valence-corrected chi connectivity index (χ4v) is 4.30. The van der Waals surface area contributed by atoms with Gasteiger partial charge in [0.05, 0.1) is 13.2 Å². The van der Waals surface area contributed by atoms with E-state index in [1.165, 1.54) is 49.6 Å². The topological polar surface area (TPSA) is 244 Å². The number of phenolic OH excluding ortho intramolecular Hbond substituents is 3. The van der Waals surface area contributed by atoms with Crippen LogP contribution in [0.15, 0.2) is 48.6 Å². The van der Waals surface area contributed by atoms with Crippen LogP contribution in [0.3, 0.4) is 0 Å². The zero-order valence-corrected chi connectivity index (χ0v) is 23.0. The van der Waals surface area contributed by atoms with Crippen LogP contribution >= 0.6 is 0 Å². The van der Waals surface area contributed by atoms with E-state index in [2.05, 4.69) is 0 Å². The molecule has 0 aliphatic heterocycles. The van der Waals surface area contributed by atoms with E-state index >= 15 is 0 Å². The van der Waals surface area contributed by atoms with E-state index in [1.54, 1.807) is 0 Å². The molecule has 0 aromatic heterocycles. The van der Waals surface area contributed by atoms with Crippen LogP contribution in [-0.2, 0) is 38.2 Å². The van der Waals surface area contributed by atoms with Crippen LogP contribution < -0.4 is 4.74 Å². The van der Waals surface area contributed by atoms with Crippen molar-refractivity contribution in [2.75, 3.05) is 7.11 Å². The molecule has 0 spiro atoms. The predicted molar refractivity (Wildman–Crippen MR) is 146 cm³/mol. The number of aliphatic hydroxyl groups excluding tert-OH is 1. The second-order valence-corrected chi connectivity index (χ2v) is 9.54. The number of methoxy groups -OCH3 is 1. The van der Waals surface area contributed by atoms with Crippen LogP contribution in [-0.4, -0.2) is 91.5 Å². The molecule has 15 heteroatoms. The normalized spacial score (nSPS) is 21.5. The summed E-state index contributed by atoms with van der Waals surface area (Å²) >= 11 is 0. The van der Waals surface area contributed by atoms with E-state index in [1.807, 2.05) is 0 Å². The molecule has 0 heterocycles. The largest absolute Gasteiger partial charge is 0.504 e. The number of hydrogen-bond donors (Lipinski definition) is 6. The van der Waals surface area contributed by atoms with Gasteiger partial charge in [0.2, 0.25) is 5.60 Å². The van der Waals surface area contributed by atoms with E-state index in [4.69, 9.17) is 24.1 Å². The quantitative estimate of drug-likeness (QED) is 0.0686. The van der Waals surface area contributed by atoms with Gasteiger partial charge in [0, 0.05) is 25.0 Å². The molecule has 1 fully saturated rings. The van der Waals surface area contributed by atoms with E-state index < -0.39 is 84.5 Å². The molecule has 44 heavy (non-hydrogen) atoms. The number of rotatable bonds is 11. The molecule has 0 saturated heterocycles. The van der Waals surface area contributed by atoms with Crippen molar-refractivity contribution >= 4 is 42.0 Å². The Morgan fingerprint density at radius 2 is 1.43 bits per heavy atom. The maximum atomic E-state index is 12.8. The molecule has 4 atom stereocenters. The van der Waals surface area contributed by atoms with Gasteiger partial charge in [0.15, 0.2) is 29.1 Å². The van der Waals surface area contributed by atoms with E-state index in [0.717, 1.165) is 18.2 Å². The summed E-state index contributed by atoms with van der Waals surface area (Å²) < 4.78 is 20.6. The number of hydrogen-bond acceptors (Lipinski definition) is 13. The lowest BCUT2D eigenvalue weighted by Gasteiger charge is -2.42. The molecule has 1 aliphatic rings. The van der Waals surface area contributed by atoms with Gasteiger partial charge in [0.25, 0.3) is 0 Å². The number of ether oxygens (including phenoxy) is 4. The van der Waals surface area contributed by atoms with E-state index in [-0.39, 0.29) is 17.1 Å². The van der Waals surface area contributed by atoms with Crippen LogP contribution in [0.1, 0.15) is 30.4 Å². The molecule has 2 aromatic carbocycles. The Hall–Kier alpha value is -5.57. The lowest BCUT2D eigenvalue weighted by Crippen LogP contribution is -2.60. The van der Waals surface area contributed by atoms with E-state index in [0.29, 0.717) is 5.56 Å². The summed E-state index contributed by atoms with van der Waals surface area (Å²) in [5, 5.41) is 58.4. The molecule has 234 valence electrons. The first-order chi connectivity index (χ1) is 20.7. The Kier molecular flexibility index (Phi) is 10.5. The zero-order chi connectivity index (χ0) is 32.6. The zero-order valence-electron chi connectivity index (χ0n) is 23.0. The van der Waals surface area contributed by atoms with Crippen molar-refractivity contribution in [2.24, 2.45) is 0 Å². The fourth-order valence-electron chi connectivity index (χ4n) is 4.30. The number of aliphatic carboxylic acids is 2. The Morgan fingerprint density at radius 1 is 0.841 bits per heavy atom. The van der Waals surface area contributed by atoms with Gasteiger partial charge in [-0.25, -0.2) is 14.4 Å². The highest BCUT2D eigenvalue weighted by atomic mass is 16.6. The second-order valence-electron chi connectivity index (χ2n) is 9.54. The molecular weight excluding hydrogens is 588 g/mol. The number of carbonyl (C=O) groups excluding carboxylic acids is 3. The fraction of sp³-hybridized carbons (Fsp3) is 0.276. The molecule has 0 bridgehead atoms. The van der Waals surface area contributed by atoms with Crippen molar-refractivity contribution in [1.82, 2.24) is 0 Å². The minimum atomic E-state index is -2.55. The molecule has 0 radical (unpaired) electrons. The minimum Gasteiger partial charge on any atom is -0.504 e.